The number of hydrogen-bond acceptors (Lipinski definition) is 0. The predicted octanol–water partition coefficient (Wildman–Crippen LogP) is 3.89. The molecule has 0 aliphatic heterocycles. The third-order valence-electron chi connectivity index (χ3n) is 2.89. The van der Waals surface area contributed by atoms with Gasteiger partial charge in [-0.05, 0) is 30.7 Å². The van der Waals surface area contributed by atoms with Crippen molar-refractivity contribution < 1.29 is 0 Å². The zero-order valence-corrected chi connectivity index (χ0v) is 8.16. The van der Waals surface area contributed by atoms with Gasteiger partial charge in [0.25, 0.3) is 0 Å². The third-order valence-corrected chi connectivity index (χ3v) is 2.89. The summed E-state index contributed by atoms with van der Waals surface area (Å²) in [4.78, 5) is 0. The summed E-state index contributed by atoms with van der Waals surface area (Å²) in [6.45, 7) is 2.34. The zero-order valence-electron chi connectivity index (χ0n) is 8.16. The maximum absolute atomic E-state index is 2.36. The summed E-state index contributed by atoms with van der Waals surface area (Å²) in [5, 5.41) is 0. The van der Waals surface area contributed by atoms with Crippen molar-refractivity contribution in [1.82, 2.24) is 0 Å². The summed E-state index contributed by atoms with van der Waals surface area (Å²) < 4.78 is 0. The normalized spacial score (nSPS) is 25.3. The average molecular weight is 172 g/mol. The van der Waals surface area contributed by atoms with Crippen LogP contribution >= 0.6 is 0 Å². The number of hydrogen-bond donors (Lipinski definition) is 0. The first-order valence-electron chi connectivity index (χ1n) is 5.12. The van der Waals surface area contributed by atoms with Gasteiger partial charge in [0.2, 0.25) is 0 Å². The summed E-state index contributed by atoms with van der Waals surface area (Å²) in [5.74, 6) is 0.806. The molecule has 1 saturated carbocycles. The van der Waals surface area contributed by atoms with Crippen LogP contribution in [0.15, 0.2) is 35.9 Å². The van der Waals surface area contributed by atoms with Crippen LogP contribution in [-0.4, -0.2) is 0 Å². The Morgan fingerprint density at radius 3 is 2.62 bits per heavy atom. The van der Waals surface area contributed by atoms with Crippen molar-refractivity contribution in [2.45, 2.75) is 26.2 Å². The van der Waals surface area contributed by atoms with Gasteiger partial charge in [-0.15, -0.1) is 0 Å². The molecule has 0 bridgehead atoms. The second-order valence-electron chi connectivity index (χ2n) is 3.92. The van der Waals surface area contributed by atoms with Gasteiger partial charge in [-0.1, -0.05) is 48.9 Å². The highest BCUT2D eigenvalue weighted by molar-refractivity contribution is 5.53. The van der Waals surface area contributed by atoms with Gasteiger partial charge in [-0.2, -0.15) is 0 Å². The molecular weight excluding hydrogens is 156 g/mol. The van der Waals surface area contributed by atoms with Crippen LogP contribution in [-0.2, 0) is 0 Å². The largest absolute Gasteiger partial charge is 0.0668 e. The first-order chi connectivity index (χ1) is 6.36. The lowest BCUT2D eigenvalue weighted by molar-refractivity contribution is 0.698. The molecule has 0 heterocycles. The molecule has 1 aliphatic rings. The summed E-state index contributed by atoms with van der Waals surface area (Å²) in [6.07, 6.45) is 6.41. The molecule has 2 rings (SSSR count). The SMILES string of the molecule is CC1CCC/C1=C\c1ccccc1. The topological polar surface area (TPSA) is 0 Å². The number of benzene rings is 1. The van der Waals surface area contributed by atoms with E-state index in [1.54, 1.807) is 5.57 Å². The van der Waals surface area contributed by atoms with E-state index >= 15 is 0 Å². The van der Waals surface area contributed by atoms with Crippen molar-refractivity contribution in [1.29, 1.82) is 0 Å². The minimum Gasteiger partial charge on any atom is -0.0668 e. The molecule has 13 heavy (non-hydrogen) atoms. The van der Waals surface area contributed by atoms with Crippen LogP contribution in [0.5, 0.6) is 0 Å². The lowest BCUT2D eigenvalue weighted by atomic mass is 10.0. The molecule has 0 spiro atoms. The number of allylic oxidation sites excluding steroid dienone is 1. The van der Waals surface area contributed by atoms with Gasteiger partial charge in [0, 0.05) is 0 Å². The average Bonchev–Trinajstić information content (AvgIpc) is 2.54. The quantitative estimate of drug-likeness (QED) is 0.603. The molecule has 0 aromatic heterocycles. The highest BCUT2D eigenvalue weighted by atomic mass is 14.2. The van der Waals surface area contributed by atoms with E-state index in [0.717, 1.165) is 5.92 Å². The maximum atomic E-state index is 2.36. The highest BCUT2D eigenvalue weighted by Gasteiger charge is 2.15. The van der Waals surface area contributed by atoms with Crippen molar-refractivity contribution in [2.24, 2.45) is 5.92 Å². The van der Waals surface area contributed by atoms with Crippen LogP contribution in [0.1, 0.15) is 31.7 Å². The molecule has 1 unspecified atom stereocenters. The van der Waals surface area contributed by atoms with Crippen LogP contribution < -0.4 is 0 Å². The Labute approximate surface area is 80.3 Å². The van der Waals surface area contributed by atoms with Gasteiger partial charge >= 0.3 is 0 Å². The molecule has 0 nitrogen and oxygen atoms in total. The van der Waals surface area contributed by atoms with Crippen LogP contribution in [0.4, 0.5) is 0 Å². The Hall–Kier alpha value is -1.04. The summed E-state index contributed by atoms with van der Waals surface area (Å²) >= 11 is 0. The fourth-order valence-corrected chi connectivity index (χ4v) is 2.02. The molecular formula is C13H16. The Bertz CT molecular complexity index is 295. The fourth-order valence-electron chi connectivity index (χ4n) is 2.02. The van der Waals surface area contributed by atoms with Gasteiger partial charge in [0.05, 0.1) is 0 Å². The highest BCUT2D eigenvalue weighted by Crippen LogP contribution is 2.31. The fraction of sp³-hybridized carbons (Fsp3) is 0.385. The lowest BCUT2D eigenvalue weighted by Crippen LogP contribution is -1.87. The lowest BCUT2D eigenvalue weighted by Gasteiger charge is -2.03. The van der Waals surface area contributed by atoms with Crippen LogP contribution in [0.3, 0.4) is 0 Å². The van der Waals surface area contributed by atoms with E-state index < -0.39 is 0 Å². The van der Waals surface area contributed by atoms with Crippen molar-refractivity contribution in [2.75, 3.05) is 0 Å². The monoisotopic (exact) mass is 172 g/mol. The van der Waals surface area contributed by atoms with E-state index in [4.69, 9.17) is 0 Å². The first-order valence-corrected chi connectivity index (χ1v) is 5.12. The minimum atomic E-state index is 0.806. The summed E-state index contributed by atoms with van der Waals surface area (Å²) in [7, 11) is 0. The smallest absolute Gasteiger partial charge is 0.0228 e. The van der Waals surface area contributed by atoms with Crippen molar-refractivity contribution in [3.05, 3.63) is 41.5 Å². The second kappa shape index (κ2) is 3.78. The molecule has 1 aromatic rings. The Balaban J connectivity index is 2.20. The zero-order chi connectivity index (χ0) is 9.10. The van der Waals surface area contributed by atoms with Gasteiger partial charge < -0.3 is 0 Å². The molecule has 0 saturated heterocycles. The van der Waals surface area contributed by atoms with Crippen molar-refractivity contribution >= 4 is 6.08 Å². The molecule has 0 amide bonds. The molecule has 1 fully saturated rings. The first kappa shape index (κ1) is 8.55. The molecule has 0 N–H and O–H groups in total. The molecule has 1 aromatic carbocycles. The second-order valence-corrected chi connectivity index (χ2v) is 3.92. The Kier molecular flexibility index (Phi) is 2.49. The van der Waals surface area contributed by atoms with Crippen LogP contribution in [0, 0.1) is 5.92 Å². The van der Waals surface area contributed by atoms with Crippen molar-refractivity contribution in [3.63, 3.8) is 0 Å². The molecule has 0 heteroatoms. The van der Waals surface area contributed by atoms with Gasteiger partial charge in [0.15, 0.2) is 0 Å². The van der Waals surface area contributed by atoms with E-state index in [9.17, 15) is 0 Å². The summed E-state index contributed by atoms with van der Waals surface area (Å²) in [6, 6.07) is 10.6. The third kappa shape index (κ3) is 2.00. The van der Waals surface area contributed by atoms with E-state index in [1.165, 1.54) is 24.8 Å². The Morgan fingerprint density at radius 1 is 1.23 bits per heavy atom. The van der Waals surface area contributed by atoms with E-state index in [-0.39, 0.29) is 0 Å². The van der Waals surface area contributed by atoms with Gasteiger partial charge in [0.1, 0.15) is 0 Å². The maximum Gasteiger partial charge on any atom is -0.0228 e. The van der Waals surface area contributed by atoms with E-state index in [0.29, 0.717) is 0 Å². The summed E-state index contributed by atoms with van der Waals surface area (Å²) in [5.41, 5.74) is 2.98. The van der Waals surface area contributed by atoms with Gasteiger partial charge in [-0.3, -0.25) is 0 Å². The van der Waals surface area contributed by atoms with Crippen LogP contribution in [0.2, 0.25) is 0 Å². The van der Waals surface area contributed by atoms with E-state index in [1.807, 2.05) is 0 Å². The molecule has 0 radical (unpaired) electrons. The van der Waals surface area contributed by atoms with Gasteiger partial charge in [-0.25, -0.2) is 0 Å². The standard InChI is InChI=1S/C13H16/c1-11-6-5-9-13(11)10-12-7-3-2-4-8-12/h2-4,7-8,10-11H,5-6,9H2,1H3/b13-10+. The predicted molar refractivity (Wildman–Crippen MR) is 57.4 cm³/mol. The van der Waals surface area contributed by atoms with Crippen molar-refractivity contribution in [3.8, 4) is 0 Å². The molecule has 1 aliphatic carbocycles. The molecule has 1 atom stereocenters. The number of rotatable bonds is 1. The van der Waals surface area contributed by atoms with E-state index in [2.05, 4.69) is 43.3 Å². The van der Waals surface area contributed by atoms with Crippen LogP contribution in [0.25, 0.3) is 6.08 Å². The Morgan fingerprint density at radius 2 is 2.00 bits per heavy atom. The minimum absolute atomic E-state index is 0.806. The molecule has 68 valence electrons.